The van der Waals surface area contributed by atoms with Crippen molar-refractivity contribution < 1.29 is 0 Å². The van der Waals surface area contributed by atoms with E-state index >= 15 is 0 Å². The van der Waals surface area contributed by atoms with Crippen LogP contribution < -0.4 is 5.32 Å². The molecule has 4 heteroatoms. The Labute approximate surface area is 116 Å². The normalized spacial score (nSPS) is 17.6. The third kappa shape index (κ3) is 5.27. The Morgan fingerprint density at radius 1 is 1.32 bits per heavy atom. The standard InChI is InChI=1S/C15H26N4/c1-14-5-3-6-15(17-14)13-18(2)11-12-19-9-4-7-16-8-10-19/h3,5-6,16H,4,7-13H2,1-2H3. The number of nitrogens with one attached hydrogen (secondary N) is 1. The fourth-order valence-corrected chi connectivity index (χ4v) is 2.48. The molecule has 1 aliphatic rings. The van der Waals surface area contributed by atoms with Gasteiger partial charge in [0.05, 0.1) is 5.69 Å². The lowest BCUT2D eigenvalue weighted by Crippen LogP contribution is -2.35. The summed E-state index contributed by atoms with van der Waals surface area (Å²) in [6.45, 7) is 9.95. The summed E-state index contributed by atoms with van der Waals surface area (Å²) in [5, 5.41) is 3.45. The van der Waals surface area contributed by atoms with Gasteiger partial charge < -0.3 is 10.2 Å². The quantitative estimate of drug-likeness (QED) is 0.861. The van der Waals surface area contributed by atoms with Crippen LogP contribution in [0.25, 0.3) is 0 Å². The van der Waals surface area contributed by atoms with Gasteiger partial charge in [0, 0.05) is 38.4 Å². The van der Waals surface area contributed by atoms with Gasteiger partial charge in [-0.25, -0.2) is 0 Å². The van der Waals surface area contributed by atoms with Crippen LogP contribution in [0.15, 0.2) is 18.2 Å². The van der Waals surface area contributed by atoms with E-state index in [4.69, 9.17) is 0 Å². The van der Waals surface area contributed by atoms with Crippen molar-refractivity contribution in [2.75, 3.05) is 46.3 Å². The summed E-state index contributed by atoms with van der Waals surface area (Å²) in [7, 11) is 2.18. The van der Waals surface area contributed by atoms with Gasteiger partial charge in [0.1, 0.15) is 0 Å². The van der Waals surface area contributed by atoms with Crippen molar-refractivity contribution in [3.05, 3.63) is 29.6 Å². The highest BCUT2D eigenvalue weighted by molar-refractivity contribution is 5.09. The van der Waals surface area contributed by atoms with Crippen molar-refractivity contribution in [3.63, 3.8) is 0 Å². The zero-order valence-corrected chi connectivity index (χ0v) is 12.2. The molecule has 0 aromatic carbocycles. The number of hydrogen-bond acceptors (Lipinski definition) is 4. The van der Waals surface area contributed by atoms with Crippen LogP contribution in [0.3, 0.4) is 0 Å². The van der Waals surface area contributed by atoms with Crippen LogP contribution in [0.5, 0.6) is 0 Å². The second-order valence-corrected chi connectivity index (χ2v) is 5.45. The van der Waals surface area contributed by atoms with Crippen LogP contribution in [0.2, 0.25) is 0 Å². The van der Waals surface area contributed by atoms with Crippen LogP contribution in [0.1, 0.15) is 17.8 Å². The zero-order chi connectivity index (χ0) is 13.5. The van der Waals surface area contributed by atoms with Crippen LogP contribution >= 0.6 is 0 Å². The molecule has 1 aromatic rings. The van der Waals surface area contributed by atoms with E-state index in [1.54, 1.807) is 0 Å². The average Bonchev–Trinajstić information content (AvgIpc) is 2.65. The van der Waals surface area contributed by atoms with Crippen molar-refractivity contribution in [2.24, 2.45) is 0 Å². The molecule has 0 bridgehead atoms. The van der Waals surface area contributed by atoms with Gasteiger partial charge in [0.25, 0.3) is 0 Å². The summed E-state index contributed by atoms with van der Waals surface area (Å²) in [6, 6.07) is 6.25. The first kappa shape index (κ1) is 14.4. The second-order valence-electron chi connectivity index (χ2n) is 5.45. The number of aromatic nitrogens is 1. The molecule has 0 amide bonds. The molecular weight excluding hydrogens is 236 g/mol. The Morgan fingerprint density at radius 2 is 2.21 bits per heavy atom. The summed E-state index contributed by atoms with van der Waals surface area (Å²) in [5.41, 5.74) is 2.27. The highest BCUT2D eigenvalue weighted by atomic mass is 15.2. The Bertz CT molecular complexity index is 372. The molecule has 0 unspecified atom stereocenters. The molecule has 1 fully saturated rings. The smallest absolute Gasteiger partial charge is 0.0547 e. The molecule has 1 aromatic heterocycles. The number of likely N-dealkylation sites (N-methyl/N-ethyl adjacent to an activating group) is 1. The molecule has 19 heavy (non-hydrogen) atoms. The highest BCUT2D eigenvalue weighted by Gasteiger charge is 2.09. The molecule has 0 radical (unpaired) electrons. The van der Waals surface area contributed by atoms with Gasteiger partial charge in [-0.2, -0.15) is 0 Å². The fourth-order valence-electron chi connectivity index (χ4n) is 2.48. The topological polar surface area (TPSA) is 31.4 Å². The highest BCUT2D eigenvalue weighted by Crippen LogP contribution is 2.02. The van der Waals surface area contributed by atoms with E-state index in [9.17, 15) is 0 Å². The second kappa shape index (κ2) is 7.58. The third-order valence-corrected chi connectivity index (χ3v) is 3.61. The van der Waals surface area contributed by atoms with Crippen molar-refractivity contribution in [3.8, 4) is 0 Å². The lowest BCUT2D eigenvalue weighted by Gasteiger charge is -2.23. The Hall–Kier alpha value is -0.970. The lowest BCUT2D eigenvalue weighted by atomic mass is 10.3. The van der Waals surface area contributed by atoms with E-state index in [-0.39, 0.29) is 0 Å². The summed E-state index contributed by atoms with van der Waals surface area (Å²) in [6.07, 6.45) is 1.27. The van der Waals surface area contributed by atoms with Crippen molar-refractivity contribution >= 4 is 0 Å². The molecule has 4 nitrogen and oxygen atoms in total. The zero-order valence-electron chi connectivity index (χ0n) is 12.2. The van der Waals surface area contributed by atoms with Gasteiger partial charge >= 0.3 is 0 Å². The molecule has 2 rings (SSSR count). The molecule has 0 spiro atoms. The van der Waals surface area contributed by atoms with Crippen LogP contribution in [0.4, 0.5) is 0 Å². The molecule has 1 N–H and O–H groups in total. The van der Waals surface area contributed by atoms with Crippen LogP contribution in [-0.2, 0) is 6.54 Å². The average molecular weight is 262 g/mol. The van der Waals surface area contributed by atoms with E-state index < -0.39 is 0 Å². The van der Waals surface area contributed by atoms with Gasteiger partial charge in [-0.05, 0) is 45.6 Å². The predicted molar refractivity (Wildman–Crippen MR) is 79.2 cm³/mol. The maximum absolute atomic E-state index is 4.56. The lowest BCUT2D eigenvalue weighted by molar-refractivity contribution is 0.230. The monoisotopic (exact) mass is 262 g/mol. The molecule has 1 aliphatic heterocycles. The molecule has 1 saturated heterocycles. The molecule has 0 atom stereocenters. The van der Waals surface area contributed by atoms with Gasteiger partial charge in [0.15, 0.2) is 0 Å². The first-order chi connectivity index (χ1) is 9.24. The number of hydrogen-bond donors (Lipinski definition) is 1. The van der Waals surface area contributed by atoms with Gasteiger partial charge in [-0.3, -0.25) is 9.88 Å². The summed E-state index contributed by atoms with van der Waals surface area (Å²) in [5.74, 6) is 0. The summed E-state index contributed by atoms with van der Waals surface area (Å²) in [4.78, 5) is 9.47. The Kier molecular flexibility index (Phi) is 5.76. The molecule has 0 aliphatic carbocycles. The molecular formula is C15H26N4. The third-order valence-electron chi connectivity index (χ3n) is 3.61. The maximum Gasteiger partial charge on any atom is 0.0547 e. The fraction of sp³-hybridized carbons (Fsp3) is 0.667. The SMILES string of the molecule is Cc1cccc(CN(C)CCN2CCCNCC2)n1. The first-order valence-corrected chi connectivity index (χ1v) is 7.28. The van der Waals surface area contributed by atoms with Gasteiger partial charge in [-0.15, -0.1) is 0 Å². The molecule has 106 valence electrons. The largest absolute Gasteiger partial charge is 0.315 e. The van der Waals surface area contributed by atoms with Crippen LogP contribution in [0, 0.1) is 6.92 Å². The predicted octanol–water partition coefficient (Wildman–Crippen LogP) is 1.12. The van der Waals surface area contributed by atoms with Crippen molar-refractivity contribution in [1.82, 2.24) is 20.1 Å². The van der Waals surface area contributed by atoms with E-state index in [1.165, 1.54) is 31.7 Å². The Balaban J connectivity index is 1.73. The van der Waals surface area contributed by atoms with E-state index in [0.29, 0.717) is 0 Å². The number of pyridine rings is 1. The van der Waals surface area contributed by atoms with Crippen molar-refractivity contribution in [1.29, 1.82) is 0 Å². The minimum atomic E-state index is 0.938. The number of nitrogens with zero attached hydrogens (tertiary/aromatic N) is 3. The molecule has 0 saturated carbocycles. The maximum atomic E-state index is 4.56. The Morgan fingerprint density at radius 3 is 3.05 bits per heavy atom. The van der Waals surface area contributed by atoms with E-state index in [0.717, 1.165) is 31.9 Å². The minimum Gasteiger partial charge on any atom is -0.315 e. The van der Waals surface area contributed by atoms with Gasteiger partial charge in [-0.1, -0.05) is 6.07 Å². The number of rotatable bonds is 5. The first-order valence-electron chi connectivity index (χ1n) is 7.28. The number of aryl methyl sites for hydroxylation is 1. The minimum absolute atomic E-state index is 0.938. The summed E-state index contributed by atoms with van der Waals surface area (Å²) < 4.78 is 0. The van der Waals surface area contributed by atoms with E-state index in [1.807, 2.05) is 13.0 Å². The van der Waals surface area contributed by atoms with Crippen LogP contribution in [-0.4, -0.2) is 61.1 Å². The van der Waals surface area contributed by atoms with E-state index in [2.05, 4.69) is 39.3 Å². The van der Waals surface area contributed by atoms with Gasteiger partial charge in [0.2, 0.25) is 0 Å². The van der Waals surface area contributed by atoms with Crippen molar-refractivity contribution in [2.45, 2.75) is 19.9 Å². The molecule has 2 heterocycles. The summed E-state index contributed by atoms with van der Waals surface area (Å²) >= 11 is 0.